The molecule has 0 unspecified atom stereocenters. The number of nitrogens with one attached hydrogen (secondary N) is 1. The van der Waals surface area contributed by atoms with E-state index < -0.39 is 5.60 Å². The van der Waals surface area contributed by atoms with Gasteiger partial charge >= 0.3 is 0 Å². The lowest BCUT2D eigenvalue weighted by Gasteiger charge is -2.41. The molecule has 3 aliphatic rings. The van der Waals surface area contributed by atoms with Crippen LogP contribution in [0.3, 0.4) is 0 Å². The highest BCUT2D eigenvalue weighted by molar-refractivity contribution is 5.86. The van der Waals surface area contributed by atoms with E-state index in [1.165, 1.54) is 51.4 Å². The number of nitrogens with zero attached hydrogens (tertiary/aromatic N) is 1. The number of carbonyl (C=O) groups excluding carboxylic acids is 1. The molecule has 4 nitrogen and oxygen atoms in total. The van der Waals surface area contributed by atoms with Crippen LogP contribution in [-0.4, -0.2) is 47.2 Å². The SMILES string of the molecule is O=C1N(CC2CCCCC2)CCC[C@]1(O)CNC1CCC1. The van der Waals surface area contributed by atoms with Gasteiger partial charge in [0.25, 0.3) is 5.91 Å². The Balaban J connectivity index is 1.53. The molecule has 1 saturated heterocycles. The lowest BCUT2D eigenvalue weighted by molar-refractivity contribution is -0.157. The number of piperidine rings is 1. The van der Waals surface area contributed by atoms with Crippen LogP contribution in [0.15, 0.2) is 0 Å². The molecule has 0 spiro atoms. The maximum absolute atomic E-state index is 12.7. The Morgan fingerprint density at radius 1 is 1.10 bits per heavy atom. The predicted molar refractivity (Wildman–Crippen MR) is 83.0 cm³/mol. The molecule has 4 heteroatoms. The minimum absolute atomic E-state index is 0.0221. The summed E-state index contributed by atoms with van der Waals surface area (Å²) in [5, 5.41) is 14.1. The summed E-state index contributed by atoms with van der Waals surface area (Å²) in [5.41, 5.74) is -1.15. The third-order valence-corrected chi connectivity index (χ3v) is 5.70. The van der Waals surface area contributed by atoms with Crippen LogP contribution in [0.1, 0.15) is 64.2 Å². The van der Waals surface area contributed by atoms with Crippen LogP contribution in [0.4, 0.5) is 0 Å². The van der Waals surface area contributed by atoms with Crippen molar-refractivity contribution in [1.82, 2.24) is 10.2 Å². The zero-order chi connectivity index (χ0) is 14.7. The molecule has 2 N–H and O–H groups in total. The molecule has 1 atom stereocenters. The molecule has 0 radical (unpaired) electrons. The highest BCUT2D eigenvalue weighted by Gasteiger charge is 2.42. The van der Waals surface area contributed by atoms with E-state index in [1.54, 1.807) is 0 Å². The first-order chi connectivity index (χ1) is 10.2. The van der Waals surface area contributed by atoms with Gasteiger partial charge in [-0.25, -0.2) is 0 Å². The summed E-state index contributed by atoms with van der Waals surface area (Å²) in [6, 6.07) is 0.524. The number of aliphatic hydroxyl groups is 1. The molecule has 21 heavy (non-hydrogen) atoms. The number of likely N-dealkylation sites (tertiary alicyclic amines) is 1. The maximum atomic E-state index is 12.7. The summed E-state index contributed by atoms with van der Waals surface area (Å²) >= 11 is 0. The summed E-state index contributed by atoms with van der Waals surface area (Å²) in [7, 11) is 0. The Morgan fingerprint density at radius 3 is 2.52 bits per heavy atom. The smallest absolute Gasteiger partial charge is 0.255 e. The van der Waals surface area contributed by atoms with E-state index in [9.17, 15) is 9.90 Å². The first kappa shape index (κ1) is 15.3. The van der Waals surface area contributed by atoms with Crippen LogP contribution in [0.5, 0.6) is 0 Å². The van der Waals surface area contributed by atoms with E-state index in [2.05, 4.69) is 5.32 Å². The molecule has 1 amide bonds. The van der Waals surface area contributed by atoms with E-state index in [0.29, 0.717) is 24.9 Å². The van der Waals surface area contributed by atoms with Crippen LogP contribution in [0.25, 0.3) is 0 Å². The molecule has 0 aromatic heterocycles. The summed E-state index contributed by atoms with van der Waals surface area (Å²) in [4.78, 5) is 14.6. The number of hydrogen-bond acceptors (Lipinski definition) is 3. The normalized spacial score (nSPS) is 32.2. The Morgan fingerprint density at radius 2 is 1.86 bits per heavy atom. The summed E-state index contributed by atoms with van der Waals surface area (Å²) in [6.45, 7) is 2.14. The third kappa shape index (κ3) is 3.59. The van der Waals surface area contributed by atoms with Gasteiger partial charge in [0.05, 0.1) is 0 Å². The fourth-order valence-corrected chi connectivity index (χ4v) is 4.01. The van der Waals surface area contributed by atoms with E-state index >= 15 is 0 Å². The van der Waals surface area contributed by atoms with Crippen LogP contribution in [-0.2, 0) is 4.79 Å². The van der Waals surface area contributed by atoms with Gasteiger partial charge in [-0.3, -0.25) is 4.79 Å². The van der Waals surface area contributed by atoms with Gasteiger partial charge in [-0.05, 0) is 44.4 Å². The Bertz CT molecular complexity index is 364. The van der Waals surface area contributed by atoms with Gasteiger partial charge in [-0.2, -0.15) is 0 Å². The van der Waals surface area contributed by atoms with Crippen molar-refractivity contribution in [3.05, 3.63) is 0 Å². The molecule has 1 aliphatic heterocycles. The molecular weight excluding hydrogens is 264 g/mol. The zero-order valence-corrected chi connectivity index (χ0v) is 13.1. The van der Waals surface area contributed by atoms with Crippen LogP contribution in [0, 0.1) is 5.92 Å². The van der Waals surface area contributed by atoms with Crippen LogP contribution >= 0.6 is 0 Å². The zero-order valence-electron chi connectivity index (χ0n) is 13.1. The quantitative estimate of drug-likeness (QED) is 0.816. The van der Waals surface area contributed by atoms with Gasteiger partial charge in [0.15, 0.2) is 5.60 Å². The largest absolute Gasteiger partial charge is 0.379 e. The Kier molecular flexibility index (Phi) is 4.85. The molecule has 0 bridgehead atoms. The first-order valence-electron chi connectivity index (χ1n) is 8.92. The van der Waals surface area contributed by atoms with Crippen molar-refractivity contribution in [2.45, 2.75) is 75.9 Å². The lowest BCUT2D eigenvalue weighted by atomic mass is 9.86. The van der Waals surface area contributed by atoms with Gasteiger partial charge in [-0.15, -0.1) is 0 Å². The lowest BCUT2D eigenvalue weighted by Crippen LogP contribution is -2.60. The Labute approximate surface area is 128 Å². The second kappa shape index (κ2) is 6.66. The maximum Gasteiger partial charge on any atom is 0.255 e. The fourth-order valence-electron chi connectivity index (χ4n) is 4.01. The van der Waals surface area contributed by atoms with Crippen molar-refractivity contribution >= 4 is 5.91 Å². The number of amides is 1. The molecule has 3 rings (SSSR count). The van der Waals surface area contributed by atoms with Crippen LogP contribution in [0.2, 0.25) is 0 Å². The second-order valence-corrected chi connectivity index (χ2v) is 7.40. The summed E-state index contributed by atoms with van der Waals surface area (Å²) in [6.07, 6.45) is 11.7. The molecule has 120 valence electrons. The summed E-state index contributed by atoms with van der Waals surface area (Å²) < 4.78 is 0. The van der Waals surface area contributed by atoms with E-state index in [0.717, 1.165) is 19.5 Å². The molecule has 1 heterocycles. The summed E-state index contributed by atoms with van der Waals surface area (Å²) in [5.74, 6) is 0.635. The second-order valence-electron chi connectivity index (χ2n) is 7.40. The molecule has 2 saturated carbocycles. The number of carbonyl (C=O) groups is 1. The number of rotatable bonds is 5. The van der Waals surface area contributed by atoms with Crippen molar-refractivity contribution in [3.63, 3.8) is 0 Å². The molecule has 0 aromatic carbocycles. The highest BCUT2D eigenvalue weighted by Crippen LogP contribution is 2.29. The van der Waals surface area contributed by atoms with Crippen LogP contribution < -0.4 is 5.32 Å². The first-order valence-corrected chi connectivity index (χ1v) is 8.92. The monoisotopic (exact) mass is 294 g/mol. The van der Waals surface area contributed by atoms with Gasteiger partial charge in [-0.1, -0.05) is 25.7 Å². The third-order valence-electron chi connectivity index (χ3n) is 5.70. The highest BCUT2D eigenvalue weighted by atomic mass is 16.3. The molecule has 2 aliphatic carbocycles. The Hall–Kier alpha value is -0.610. The predicted octanol–water partition coefficient (Wildman–Crippen LogP) is 2.06. The minimum atomic E-state index is -1.15. The number of hydrogen-bond donors (Lipinski definition) is 2. The van der Waals surface area contributed by atoms with Crippen molar-refractivity contribution < 1.29 is 9.90 Å². The van der Waals surface area contributed by atoms with Crippen molar-refractivity contribution in [2.24, 2.45) is 5.92 Å². The standard InChI is InChI=1S/C17H30N2O2/c20-16-17(21,13-18-15-8-4-9-15)10-5-11-19(16)12-14-6-2-1-3-7-14/h14-15,18,21H,1-13H2/t17-/m0/s1. The van der Waals surface area contributed by atoms with Gasteiger partial charge in [0.2, 0.25) is 0 Å². The fraction of sp³-hybridized carbons (Fsp3) is 0.941. The minimum Gasteiger partial charge on any atom is -0.379 e. The van der Waals surface area contributed by atoms with Crippen molar-refractivity contribution in [2.75, 3.05) is 19.6 Å². The average molecular weight is 294 g/mol. The molecular formula is C17H30N2O2. The average Bonchev–Trinajstić information content (AvgIpc) is 2.44. The van der Waals surface area contributed by atoms with Crippen molar-refractivity contribution in [1.29, 1.82) is 0 Å². The van der Waals surface area contributed by atoms with Gasteiger partial charge in [0, 0.05) is 25.7 Å². The molecule has 0 aromatic rings. The van der Waals surface area contributed by atoms with E-state index in [1.807, 2.05) is 4.90 Å². The van der Waals surface area contributed by atoms with E-state index in [4.69, 9.17) is 0 Å². The topological polar surface area (TPSA) is 52.6 Å². The van der Waals surface area contributed by atoms with E-state index in [-0.39, 0.29) is 5.91 Å². The molecule has 3 fully saturated rings. The van der Waals surface area contributed by atoms with Crippen molar-refractivity contribution in [3.8, 4) is 0 Å². The van der Waals surface area contributed by atoms with Gasteiger partial charge in [0.1, 0.15) is 0 Å². The van der Waals surface area contributed by atoms with Gasteiger partial charge < -0.3 is 15.3 Å².